The molecule has 1 aromatic heterocycles. The van der Waals surface area contributed by atoms with Gasteiger partial charge in [-0.3, -0.25) is 4.90 Å². The molecule has 4 heteroatoms. The van der Waals surface area contributed by atoms with E-state index in [0.29, 0.717) is 6.04 Å². The molecule has 0 radical (unpaired) electrons. The standard InChI is InChI=1S/C13H25N3S/c1-6-13(3,4)15-7-11(2)16(5)8-12-9-17-10-14-12/h9-11,15H,6-8H2,1-5H3. The maximum absolute atomic E-state index is 4.32. The molecule has 0 aliphatic rings. The number of nitrogens with one attached hydrogen (secondary N) is 1. The van der Waals surface area contributed by atoms with Crippen LogP contribution in [0.3, 0.4) is 0 Å². The average molecular weight is 255 g/mol. The smallest absolute Gasteiger partial charge is 0.0795 e. The summed E-state index contributed by atoms with van der Waals surface area (Å²) in [6, 6.07) is 0.516. The maximum Gasteiger partial charge on any atom is 0.0795 e. The van der Waals surface area contributed by atoms with Crippen molar-refractivity contribution in [3.8, 4) is 0 Å². The molecule has 1 N–H and O–H groups in total. The van der Waals surface area contributed by atoms with Crippen LogP contribution in [0.15, 0.2) is 10.9 Å². The van der Waals surface area contributed by atoms with Crippen molar-refractivity contribution in [2.24, 2.45) is 0 Å². The van der Waals surface area contributed by atoms with Gasteiger partial charge in [0.25, 0.3) is 0 Å². The molecule has 98 valence electrons. The zero-order valence-corrected chi connectivity index (χ0v) is 12.5. The Kier molecular flexibility index (Phi) is 5.56. The fourth-order valence-corrected chi connectivity index (χ4v) is 1.98. The fraction of sp³-hybridized carbons (Fsp3) is 0.769. The number of aromatic nitrogens is 1. The van der Waals surface area contributed by atoms with Gasteiger partial charge >= 0.3 is 0 Å². The second-order valence-electron chi connectivity index (χ2n) is 5.36. The lowest BCUT2D eigenvalue weighted by Crippen LogP contribution is -2.46. The molecule has 1 heterocycles. The summed E-state index contributed by atoms with van der Waals surface area (Å²) < 4.78 is 0. The molecule has 0 bridgehead atoms. The highest BCUT2D eigenvalue weighted by Crippen LogP contribution is 2.09. The molecule has 17 heavy (non-hydrogen) atoms. The molecule has 3 nitrogen and oxygen atoms in total. The van der Waals surface area contributed by atoms with Crippen LogP contribution in [0.4, 0.5) is 0 Å². The highest BCUT2D eigenvalue weighted by Gasteiger charge is 2.17. The lowest BCUT2D eigenvalue weighted by Gasteiger charge is -2.30. The van der Waals surface area contributed by atoms with E-state index < -0.39 is 0 Å². The van der Waals surface area contributed by atoms with E-state index in [-0.39, 0.29) is 5.54 Å². The van der Waals surface area contributed by atoms with Crippen LogP contribution in [0.2, 0.25) is 0 Å². The summed E-state index contributed by atoms with van der Waals surface area (Å²) in [5.41, 5.74) is 3.29. The van der Waals surface area contributed by atoms with Crippen molar-refractivity contribution in [3.05, 3.63) is 16.6 Å². The Labute approximate surface area is 109 Å². The quantitative estimate of drug-likeness (QED) is 0.812. The van der Waals surface area contributed by atoms with Gasteiger partial charge in [-0.1, -0.05) is 6.92 Å². The Morgan fingerprint density at radius 2 is 2.24 bits per heavy atom. The number of hydrogen-bond acceptors (Lipinski definition) is 4. The second-order valence-corrected chi connectivity index (χ2v) is 6.08. The van der Waals surface area contributed by atoms with E-state index in [4.69, 9.17) is 0 Å². The summed E-state index contributed by atoms with van der Waals surface area (Å²) in [4.78, 5) is 6.66. The predicted octanol–water partition coefficient (Wildman–Crippen LogP) is 2.74. The van der Waals surface area contributed by atoms with E-state index in [0.717, 1.165) is 19.5 Å². The summed E-state index contributed by atoms with van der Waals surface area (Å²) >= 11 is 1.66. The van der Waals surface area contributed by atoms with Gasteiger partial charge in [-0.25, -0.2) is 4.98 Å². The van der Waals surface area contributed by atoms with Gasteiger partial charge in [-0.05, 0) is 34.2 Å². The van der Waals surface area contributed by atoms with Gasteiger partial charge in [0, 0.05) is 30.1 Å². The van der Waals surface area contributed by atoms with E-state index >= 15 is 0 Å². The molecule has 1 unspecified atom stereocenters. The van der Waals surface area contributed by atoms with Gasteiger partial charge in [0.15, 0.2) is 0 Å². The third-order valence-corrected chi connectivity index (χ3v) is 4.04. The molecule has 0 amide bonds. The Hall–Kier alpha value is -0.450. The van der Waals surface area contributed by atoms with Crippen molar-refractivity contribution in [1.82, 2.24) is 15.2 Å². The average Bonchev–Trinajstić information content (AvgIpc) is 2.78. The van der Waals surface area contributed by atoms with E-state index in [2.05, 4.69) is 55.3 Å². The largest absolute Gasteiger partial charge is 0.310 e. The van der Waals surface area contributed by atoms with Crippen LogP contribution in [0, 0.1) is 0 Å². The number of thiazole rings is 1. The van der Waals surface area contributed by atoms with E-state index in [1.165, 1.54) is 5.69 Å². The minimum Gasteiger partial charge on any atom is -0.310 e. The van der Waals surface area contributed by atoms with Crippen LogP contribution < -0.4 is 5.32 Å². The SMILES string of the molecule is CCC(C)(C)NCC(C)N(C)Cc1cscn1. The lowest BCUT2D eigenvalue weighted by atomic mass is 10.0. The summed E-state index contributed by atoms with van der Waals surface area (Å²) in [6.45, 7) is 10.9. The van der Waals surface area contributed by atoms with E-state index in [1.807, 2.05) is 5.51 Å². The maximum atomic E-state index is 4.32. The van der Waals surface area contributed by atoms with Crippen molar-refractivity contribution in [3.63, 3.8) is 0 Å². The highest BCUT2D eigenvalue weighted by atomic mass is 32.1. The molecule has 0 aliphatic carbocycles. The molecule has 0 fully saturated rings. The van der Waals surface area contributed by atoms with Crippen LogP contribution in [-0.2, 0) is 6.54 Å². The Bertz CT molecular complexity index is 308. The van der Waals surface area contributed by atoms with Gasteiger partial charge in [-0.2, -0.15) is 0 Å². The van der Waals surface area contributed by atoms with Crippen molar-refractivity contribution in [1.29, 1.82) is 0 Å². The molecular formula is C13H25N3S. The van der Waals surface area contributed by atoms with Crippen LogP contribution in [-0.4, -0.2) is 35.1 Å². The summed E-state index contributed by atoms with van der Waals surface area (Å²) in [5, 5.41) is 5.73. The van der Waals surface area contributed by atoms with Crippen molar-refractivity contribution < 1.29 is 0 Å². The third kappa shape index (κ3) is 5.15. The van der Waals surface area contributed by atoms with Crippen molar-refractivity contribution >= 4 is 11.3 Å². The first-order valence-corrected chi connectivity index (χ1v) is 7.21. The number of hydrogen-bond donors (Lipinski definition) is 1. The first-order chi connectivity index (χ1) is 7.94. The van der Waals surface area contributed by atoms with Crippen molar-refractivity contribution in [2.45, 2.75) is 52.2 Å². The number of likely N-dealkylation sites (N-methyl/N-ethyl adjacent to an activating group) is 1. The lowest BCUT2D eigenvalue weighted by molar-refractivity contribution is 0.221. The second kappa shape index (κ2) is 6.47. The van der Waals surface area contributed by atoms with Gasteiger partial charge in [0.1, 0.15) is 0 Å². The van der Waals surface area contributed by atoms with Gasteiger partial charge < -0.3 is 5.32 Å². The van der Waals surface area contributed by atoms with Crippen LogP contribution in [0.25, 0.3) is 0 Å². The summed E-state index contributed by atoms with van der Waals surface area (Å²) in [6.07, 6.45) is 1.15. The van der Waals surface area contributed by atoms with Crippen molar-refractivity contribution in [2.75, 3.05) is 13.6 Å². The minimum absolute atomic E-state index is 0.232. The van der Waals surface area contributed by atoms with Gasteiger partial charge in [0.05, 0.1) is 11.2 Å². The number of nitrogens with zero attached hydrogens (tertiary/aromatic N) is 2. The zero-order chi connectivity index (χ0) is 12.9. The monoisotopic (exact) mass is 255 g/mol. The summed E-state index contributed by atoms with van der Waals surface area (Å²) in [5.74, 6) is 0. The molecule has 1 aromatic rings. The molecule has 0 saturated carbocycles. The Balaban J connectivity index is 2.34. The Morgan fingerprint density at radius 1 is 1.53 bits per heavy atom. The third-order valence-electron chi connectivity index (χ3n) is 3.41. The van der Waals surface area contributed by atoms with Crippen LogP contribution in [0.1, 0.15) is 39.8 Å². The fourth-order valence-electron chi connectivity index (χ4n) is 1.43. The molecule has 1 rings (SSSR count). The zero-order valence-electron chi connectivity index (χ0n) is 11.7. The molecule has 0 aliphatic heterocycles. The molecule has 1 atom stereocenters. The Morgan fingerprint density at radius 3 is 2.76 bits per heavy atom. The predicted molar refractivity (Wildman–Crippen MR) is 75.4 cm³/mol. The van der Waals surface area contributed by atoms with E-state index in [9.17, 15) is 0 Å². The first-order valence-electron chi connectivity index (χ1n) is 6.27. The van der Waals surface area contributed by atoms with Crippen LogP contribution >= 0.6 is 11.3 Å². The molecule has 0 spiro atoms. The number of rotatable bonds is 7. The normalized spacial score (nSPS) is 14.2. The first kappa shape index (κ1) is 14.6. The topological polar surface area (TPSA) is 28.2 Å². The van der Waals surface area contributed by atoms with E-state index in [1.54, 1.807) is 11.3 Å². The summed E-state index contributed by atoms with van der Waals surface area (Å²) in [7, 11) is 2.16. The van der Waals surface area contributed by atoms with Gasteiger partial charge in [0.2, 0.25) is 0 Å². The minimum atomic E-state index is 0.232. The van der Waals surface area contributed by atoms with Crippen LogP contribution in [0.5, 0.6) is 0 Å². The molecule has 0 saturated heterocycles. The highest BCUT2D eigenvalue weighted by molar-refractivity contribution is 7.07. The molecule has 0 aromatic carbocycles. The molecular weight excluding hydrogens is 230 g/mol. The van der Waals surface area contributed by atoms with Gasteiger partial charge in [-0.15, -0.1) is 11.3 Å².